The van der Waals surface area contributed by atoms with Gasteiger partial charge in [0.25, 0.3) is 5.69 Å². The van der Waals surface area contributed by atoms with Crippen LogP contribution in [0.3, 0.4) is 0 Å². The molecule has 0 aliphatic heterocycles. The van der Waals surface area contributed by atoms with E-state index in [2.05, 4.69) is 41.8 Å². The Balaban J connectivity index is 2.32. The predicted molar refractivity (Wildman–Crippen MR) is 70.6 cm³/mol. The largest absolute Gasteiger partial charge is 0.436 e. The van der Waals surface area contributed by atoms with E-state index in [1.54, 1.807) is 6.07 Å². The molecule has 0 radical (unpaired) electrons. The van der Waals surface area contributed by atoms with Gasteiger partial charge < -0.3 is 4.74 Å². The fourth-order valence-corrected chi connectivity index (χ4v) is 1.88. The van der Waals surface area contributed by atoms with Crippen molar-refractivity contribution in [3.05, 3.63) is 49.8 Å². The molecule has 0 spiro atoms. The van der Waals surface area contributed by atoms with Gasteiger partial charge in [-0.05, 0) is 37.9 Å². The van der Waals surface area contributed by atoms with Crippen LogP contribution in [0.4, 0.5) is 5.69 Å². The molecule has 0 aliphatic carbocycles. The second kappa shape index (κ2) is 5.40. The second-order valence-electron chi connectivity index (χ2n) is 3.13. The molecule has 2 aromatic rings. The summed E-state index contributed by atoms with van der Waals surface area (Å²) in [5.74, 6) is 0.556. The highest BCUT2D eigenvalue weighted by molar-refractivity contribution is 9.10. The summed E-state index contributed by atoms with van der Waals surface area (Å²) in [4.78, 5) is 18.2. The van der Waals surface area contributed by atoms with Gasteiger partial charge in [-0.1, -0.05) is 6.07 Å². The lowest BCUT2D eigenvalue weighted by Gasteiger charge is -2.06. The topological polar surface area (TPSA) is 78.2 Å². The van der Waals surface area contributed by atoms with Crippen LogP contribution in [0.2, 0.25) is 0 Å². The number of hydrogen-bond donors (Lipinski definition) is 0. The zero-order valence-corrected chi connectivity index (χ0v) is 11.9. The number of nitro groups is 1. The molecule has 1 aromatic heterocycles. The maximum atomic E-state index is 10.8. The van der Waals surface area contributed by atoms with Crippen molar-refractivity contribution in [2.45, 2.75) is 0 Å². The van der Waals surface area contributed by atoms with Crippen LogP contribution in [0.1, 0.15) is 0 Å². The van der Waals surface area contributed by atoms with Gasteiger partial charge in [0, 0.05) is 6.07 Å². The molecule has 6 nitrogen and oxygen atoms in total. The summed E-state index contributed by atoms with van der Waals surface area (Å²) < 4.78 is 6.25. The van der Waals surface area contributed by atoms with E-state index in [4.69, 9.17) is 4.74 Å². The van der Waals surface area contributed by atoms with Crippen molar-refractivity contribution in [3.8, 4) is 11.6 Å². The quantitative estimate of drug-likeness (QED) is 0.604. The van der Waals surface area contributed by atoms with Crippen molar-refractivity contribution in [1.82, 2.24) is 9.97 Å². The molecule has 1 aromatic carbocycles. The Morgan fingerprint density at radius 3 is 2.61 bits per heavy atom. The van der Waals surface area contributed by atoms with Gasteiger partial charge >= 0.3 is 0 Å². The lowest BCUT2D eigenvalue weighted by molar-refractivity contribution is -0.385. The van der Waals surface area contributed by atoms with Gasteiger partial charge in [0.05, 0.1) is 17.3 Å². The molecule has 0 atom stereocenters. The van der Waals surface area contributed by atoms with Crippen LogP contribution in [0.15, 0.2) is 39.7 Å². The lowest BCUT2D eigenvalue weighted by Crippen LogP contribution is -1.93. The van der Waals surface area contributed by atoms with Crippen LogP contribution < -0.4 is 4.74 Å². The number of hydrogen-bond acceptors (Lipinski definition) is 5. The maximum absolute atomic E-state index is 10.8. The van der Waals surface area contributed by atoms with Crippen LogP contribution in [0, 0.1) is 10.1 Å². The van der Waals surface area contributed by atoms with E-state index >= 15 is 0 Å². The zero-order valence-electron chi connectivity index (χ0n) is 8.71. The fourth-order valence-electron chi connectivity index (χ4n) is 1.18. The summed E-state index contributed by atoms with van der Waals surface area (Å²) in [5.41, 5.74) is -0.0717. The Morgan fingerprint density at radius 1 is 1.22 bits per heavy atom. The minimum Gasteiger partial charge on any atom is -0.436 e. The number of nitrogens with zero attached hydrogens (tertiary/aromatic N) is 3. The Bertz CT molecular complexity index is 589. The summed E-state index contributed by atoms with van der Waals surface area (Å²) in [6.07, 6.45) is 2.88. The molecule has 8 heteroatoms. The normalized spacial score (nSPS) is 10.1. The highest BCUT2D eigenvalue weighted by Crippen LogP contribution is 2.35. The van der Waals surface area contributed by atoms with Crippen molar-refractivity contribution in [2.75, 3.05) is 0 Å². The number of rotatable bonds is 3. The minimum atomic E-state index is -0.496. The molecule has 2 rings (SSSR count). The van der Waals surface area contributed by atoms with E-state index < -0.39 is 4.92 Å². The van der Waals surface area contributed by atoms with Gasteiger partial charge in [0.15, 0.2) is 5.75 Å². The SMILES string of the molecule is O=[N+]([O-])c1cccc(Oc2cnc(Br)cn2)c1Br. The van der Waals surface area contributed by atoms with Crippen LogP contribution in [0.25, 0.3) is 0 Å². The van der Waals surface area contributed by atoms with E-state index in [1.807, 2.05) is 0 Å². The minimum absolute atomic E-state index is 0.0717. The molecule has 0 unspecified atom stereocenters. The summed E-state index contributed by atoms with van der Waals surface area (Å²) in [5, 5.41) is 10.8. The Labute approximate surface area is 118 Å². The van der Waals surface area contributed by atoms with Crippen molar-refractivity contribution in [1.29, 1.82) is 0 Å². The molecule has 0 amide bonds. The number of aromatic nitrogens is 2. The number of nitro benzene ring substituents is 1. The van der Waals surface area contributed by atoms with E-state index in [0.29, 0.717) is 10.4 Å². The third kappa shape index (κ3) is 2.82. The van der Waals surface area contributed by atoms with Gasteiger partial charge in [-0.2, -0.15) is 0 Å². The number of halogens is 2. The lowest BCUT2D eigenvalue weighted by atomic mass is 10.3. The van der Waals surface area contributed by atoms with E-state index in [9.17, 15) is 10.1 Å². The maximum Gasteiger partial charge on any atom is 0.287 e. The monoisotopic (exact) mass is 373 g/mol. The first-order valence-corrected chi connectivity index (χ1v) is 6.25. The van der Waals surface area contributed by atoms with Gasteiger partial charge in [0.2, 0.25) is 5.88 Å². The van der Waals surface area contributed by atoms with Crippen LogP contribution in [-0.2, 0) is 0 Å². The third-order valence-electron chi connectivity index (χ3n) is 1.95. The molecule has 0 saturated carbocycles. The Hall–Kier alpha value is -1.54. The first-order valence-electron chi connectivity index (χ1n) is 4.66. The highest BCUT2D eigenvalue weighted by atomic mass is 79.9. The molecule has 18 heavy (non-hydrogen) atoms. The zero-order chi connectivity index (χ0) is 13.1. The Morgan fingerprint density at radius 2 is 2.00 bits per heavy atom. The summed E-state index contributed by atoms with van der Waals surface area (Å²) >= 11 is 6.28. The molecule has 1 heterocycles. The van der Waals surface area contributed by atoms with Gasteiger partial charge in [-0.3, -0.25) is 10.1 Å². The predicted octanol–water partition coefficient (Wildman–Crippen LogP) is 3.70. The average Bonchev–Trinajstić information content (AvgIpc) is 2.34. The average molecular weight is 375 g/mol. The molecular weight excluding hydrogens is 370 g/mol. The number of ether oxygens (including phenoxy) is 1. The van der Waals surface area contributed by atoms with Crippen molar-refractivity contribution < 1.29 is 9.66 Å². The molecule has 92 valence electrons. The first kappa shape index (κ1) is 12.9. The van der Waals surface area contributed by atoms with Crippen LogP contribution in [-0.4, -0.2) is 14.9 Å². The standard InChI is InChI=1S/C10H5Br2N3O3/c11-8-4-14-9(5-13-8)18-7-3-1-2-6(10(7)12)15(16)17/h1-5H. The van der Waals surface area contributed by atoms with Crippen molar-refractivity contribution >= 4 is 37.5 Å². The van der Waals surface area contributed by atoms with E-state index in [0.717, 1.165) is 0 Å². The Kier molecular flexibility index (Phi) is 3.87. The van der Waals surface area contributed by atoms with Crippen molar-refractivity contribution in [3.63, 3.8) is 0 Å². The molecule has 0 aliphatic rings. The van der Waals surface area contributed by atoms with Gasteiger partial charge in [0.1, 0.15) is 9.08 Å². The number of benzene rings is 1. The van der Waals surface area contributed by atoms with Crippen molar-refractivity contribution in [2.24, 2.45) is 0 Å². The summed E-state index contributed by atoms with van der Waals surface area (Å²) in [7, 11) is 0. The van der Waals surface area contributed by atoms with Gasteiger partial charge in [-0.15, -0.1) is 0 Å². The molecule has 0 fully saturated rings. The third-order valence-corrected chi connectivity index (χ3v) is 3.16. The summed E-state index contributed by atoms with van der Waals surface area (Å²) in [6, 6.07) is 4.51. The smallest absolute Gasteiger partial charge is 0.287 e. The summed E-state index contributed by atoms with van der Waals surface area (Å²) in [6.45, 7) is 0. The molecule has 0 N–H and O–H groups in total. The van der Waals surface area contributed by atoms with E-state index in [-0.39, 0.29) is 16.0 Å². The van der Waals surface area contributed by atoms with E-state index in [1.165, 1.54) is 24.5 Å². The molecule has 0 saturated heterocycles. The van der Waals surface area contributed by atoms with Crippen LogP contribution in [0.5, 0.6) is 11.6 Å². The molecular formula is C10H5Br2N3O3. The second-order valence-corrected chi connectivity index (χ2v) is 4.73. The fraction of sp³-hybridized carbons (Fsp3) is 0. The highest BCUT2D eigenvalue weighted by Gasteiger charge is 2.16. The molecule has 0 bridgehead atoms. The first-order chi connectivity index (χ1) is 8.58. The van der Waals surface area contributed by atoms with Crippen LogP contribution >= 0.6 is 31.9 Å². The van der Waals surface area contributed by atoms with Gasteiger partial charge in [-0.25, -0.2) is 9.97 Å².